The van der Waals surface area contributed by atoms with Gasteiger partial charge in [-0.1, -0.05) is 54.1 Å². The summed E-state index contributed by atoms with van der Waals surface area (Å²) in [5.41, 5.74) is 4.64. The second-order valence-corrected chi connectivity index (χ2v) is 9.43. The first-order chi connectivity index (χ1) is 17.8. The first-order valence-electron chi connectivity index (χ1n) is 12.0. The number of halogens is 2. The number of nitrogens with zero attached hydrogens (tertiary/aromatic N) is 3. The average Bonchev–Trinajstić information content (AvgIpc) is 3.33. The molecule has 1 aliphatic rings. The van der Waals surface area contributed by atoms with Crippen LogP contribution < -0.4 is 0 Å². The van der Waals surface area contributed by atoms with Crippen molar-refractivity contribution in [1.82, 2.24) is 9.91 Å². The Labute approximate surface area is 221 Å². The quantitative estimate of drug-likeness (QED) is 0.390. The molecule has 0 radical (unpaired) electrons. The van der Waals surface area contributed by atoms with Crippen molar-refractivity contribution in [1.29, 1.82) is 0 Å². The van der Waals surface area contributed by atoms with Crippen molar-refractivity contribution >= 4 is 29.1 Å². The number of aryl methyl sites for hydroxylation is 2. The van der Waals surface area contributed by atoms with Gasteiger partial charge in [0, 0.05) is 25.1 Å². The molecule has 2 amide bonds. The molecule has 3 aromatic carbocycles. The van der Waals surface area contributed by atoms with Crippen molar-refractivity contribution in [3.63, 3.8) is 0 Å². The minimum Gasteiger partial charge on any atom is -0.383 e. The predicted octanol–water partition coefficient (Wildman–Crippen LogP) is 5.56. The summed E-state index contributed by atoms with van der Waals surface area (Å²) >= 11 is 6.52. The zero-order chi connectivity index (χ0) is 26.5. The summed E-state index contributed by atoms with van der Waals surface area (Å²) in [7, 11) is 1.50. The molecule has 1 heterocycles. The van der Waals surface area contributed by atoms with Crippen LogP contribution >= 0.6 is 11.6 Å². The van der Waals surface area contributed by atoms with Crippen molar-refractivity contribution < 1.29 is 18.7 Å². The smallest absolute Gasteiger partial charge is 0.262 e. The van der Waals surface area contributed by atoms with Gasteiger partial charge in [-0.15, -0.1) is 0 Å². The summed E-state index contributed by atoms with van der Waals surface area (Å²) in [6.45, 7) is 4.09. The second kappa shape index (κ2) is 11.7. The van der Waals surface area contributed by atoms with E-state index in [9.17, 15) is 14.0 Å². The van der Waals surface area contributed by atoms with Crippen molar-refractivity contribution in [3.8, 4) is 0 Å². The zero-order valence-electron chi connectivity index (χ0n) is 21.1. The van der Waals surface area contributed by atoms with Gasteiger partial charge in [0.05, 0.1) is 23.9 Å². The van der Waals surface area contributed by atoms with Gasteiger partial charge in [-0.2, -0.15) is 5.10 Å². The van der Waals surface area contributed by atoms with E-state index in [-0.39, 0.29) is 25.3 Å². The van der Waals surface area contributed by atoms with Gasteiger partial charge in [-0.05, 0) is 60.4 Å². The van der Waals surface area contributed by atoms with E-state index in [1.165, 1.54) is 40.8 Å². The SMILES string of the molecule is COCCN(CC(=O)N1N=C(c2ccc(C)c(C)c2)C[C@@H]1c1ccccc1Cl)C(=O)c1ccccc1F. The summed E-state index contributed by atoms with van der Waals surface area (Å²) < 4.78 is 19.5. The third-order valence-corrected chi connectivity index (χ3v) is 6.90. The molecule has 1 atom stereocenters. The molecule has 3 aromatic rings. The Kier molecular flexibility index (Phi) is 8.36. The average molecular weight is 522 g/mol. The molecule has 0 saturated carbocycles. The second-order valence-electron chi connectivity index (χ2n) is 9.02. The van der Waals surface area contributed by atoms with Crippen molar-refractivity contribution in [2.45, 2.75) is 26.3 Å². The van der Waals surface area contributed by atoms with Gasteiger partial charge < -0.3 is 9.64 Å². The van der Waals surface area contributed by atoms with E-state index in [1.807, 2.05) is 44.2 Å². The number of carbonyl (C=O) groups excluding carboxylic acids is 2. The standard InChI is InChI=1S/C29H29ClFN3O3/c1-19-12-13-21(16-20(19)2)26-17-27(22-8-4-6-10-24(22)30)34(32-26)28(35)18-33(14-15-37-3)29(36)23-9-5-7-11-25(23)31/h4-13,16,27H,14-15,17-18H2,1-3H3/t27-/m1/s1. The molecule has 0 aliphatic carbocycles. The maximum absolute atomic E-state index is 14.4. The van der Waals surface area contributed by atoms with Crippen molar-refractivity contribution in [2.75, 3.05) is 26.8 Å². The highest BCUT2D eigenvalue weighted by Crippen LogP contribution is 2.36. The van der Waals surface area contributed by atoms with E-state index in [4.69, 9.17) is 21.4 Å². The Morgan fingerprint density at radius 2 is 1.81 bits per heavy atom. The first kappa shape index (κ1) is 26.5. The molecule has 0 unspecified atom stereocenters. The van der Waals surface area contributed by atoms with Gasteiger partial charge >= 0.3 is 0 Å². The lowest BCUT2D eigenvalue weighted by atomic mass is 9.96. The minimum absolute atomic E-state index is 0.102. The number of hydrogen-bond donors (Lipinski definition) is 0. The van der Waals surface area contributed by atoms with E-state index < -0.39 is 23.7 Å². The van der Waals surface area contributed by atoms with Crippen LogP contribution in [-0.4, -0.2) is 54.2 Å². The topological polar surface area (TPSA) is 62.2 Å². The number of hydrogen-bond acceptors (Lipinski definition) is 4. The molecule has 1 aliphatic heterocycles. The highest BCUT2D eigenvalue weighted by molar-refractivity contribution is 6.31. The molecular weight excluding hydrogens is 493 g/mol. The molecule has 0 N–H and O–H groups in total. The molecular formula is C29H29ClFN3O3. The fourth-order valence-corrected chi connectivity index (χ4v) is 4.58. The number of benzene rings is 3. The normalized spacial score (nSPS) is 15.0. The Morgan fingerprint density at radius 3 is 2.51 bits per heavy atom. The third-order valence-electron chi connectivity index (χ3n) is 6.55. The molecule has 0 spiro atoms. The van der Waals surface area contributed by atoms with Gasteiger partial charge in [0.2, 0.25) is 0 Å². The summed E-state index contributed by atoms with van der Waals surface area (Å²) in [5.74, 6) is -1.63. The molecule has 0 bridgehead atoms. The maximum Gasteiger partial charge on any atom is 0.262 e. The Hall–Kier alpha value is -3.55. The highest BCUT2D eigenvalue weighted by Gasteiger charge is 2.35. The van der Waals surface area contributed by atoms with Crippen LogP contribution in [0.15, 0.2) is 71.8 Å². The summed E-state index contributed by atoms with van der Waals surface area (Å²) in [6, 6.07) is 18.7. The zero-order valence-corrected chi connectivity index (χ0v) is 21.8. The number of carbonyl (C=O) groups is 2. The van der Waals surface area contributed by atoms with Gasteiger partial charge in [0.1, 0.15) is 12.4 Å². The van der Waals surface area contributed by atoms with E-state index in [2.05, 4.69) is 6.07 Å². The van der Waals surface area contributed by atoms with Gasteiger partial charge in [0.15, 0.2) is 0 Å². The number of methoxy groups -OCH3 is 1. The molecule has 0 saturated heterocycles. The summed E-state index contributed by atoms with van der Waals surface area (Å²) in [6.07, 6.45) is 0.470. The van der Waals surface area contributed by atoms with Crippen LogP contribution in [0.4, 0.5) is 4.39 Å². The molecule has 37 heavy (non-hydrogen) atoms. The first-order valence-corrected chi connectivity index (χ1v) is 12.4. The molecule has 192 valence electrons. The number of ether oxygens (including phenoxy) is 1. The minimum atomic E-state index is -0.646. The molecule has 0 fully saturated rings. The lowest BCUT2D eigenvalue weighted by Crippen LogP contribution is -2.43. The summed E-state index contributed by atoms with van der Waals surface area (Å²) in [5, 5.41) is 6.64. The van der Waals surface area contributed by atoms with Gasteiger partial charge in [-0.3, -0.25) is 9.59 Å². The molecule has 4 rings (SSSR count). The van der Waals surface area contributed by atoms with Crippen LogP contribution in [0, 0.1) is 19.7 Å². The highest BCUT2D eigenvalue weighted by atomic mass is 35.5. The van der Waals surface area contributed by atoms with E-state index in [0.29, 0.717) is 11.4 Å². The fraction of sp³-hybridized carbons (Fsp3) is 0.276. The summed E-state index contributed by atoms with van der Waals surface area (Å²) in [4.78, 5) is 28.2. The van der Waals surface area contributed by atoms with Gasteiger partial charge in [-0.25, -0.2) is 9.40 Å². The Morgan fingerprint density at radius 1 is 1.08 bits per heavy atom. The maximum atomic E-state index is 14.4. The van der Waals surface area contributed by atoms with Crippen LogP contribution in [0.3, 0.4) is 0 Å². The molecule has 8 heteroatoms. The number of rotatable bonds is 8. The largest absolute Gasteiger partial charge is 0.383 e. The molecule has 0 aromatic heterocycles. The van der Waals surface area contributed by atoms with E-state index >= 15 is 0 Å². The fourth-order valence-electron chi connectivity index (χ4n) is 4.32. The van der Waals surface area contributed by atoms with Crippen LogP contribution in [0.25, 0.3) is 0 Å². The molecule has 6 nitrogen and oxygen atoms in total. The third kappa shape index (κ3) is 5.89. The van der Waals surface area contributed by atoms with Crippen LogP contribution in [0.2, 0.25) is 5.02 Å². The van der Waals surface area contributed by atoms with Crippen LogP contribution in [0.1, 0.15) is 45.1 Å². The van der Waals surface area contributed by atoms with Crippen LogP contribution in [0.5, 0.6) is 0 Å². The van der Waals surface area contributed by atoms with E-state index in [1.54, 1.807) is 12.1 Å². The van der Waals surface area contributed by atoms with Crippen molar-refractivity contribution in [2.24, 2.45) is 5.10 Å². The Bertz CT molecular complexity index is 1340. The van der Waals surface area contributed by atoms with E-state index in [0.717, 1.165) is 22.4 Å². The van der Waals surface area contributed by atoms with Crippen molar-refractivity contribution in [3.05, 3.63) is 105 Å². The van der Waals surface area contributed by atoms with Crippen LogP contribution in [-0.2, 0) is 9.53 Å². The Balaban J connectivity index is 1.67. The number of amides is 2. The predicted molar refractivity (Wildman–Crippen MR) is 142 cm³/mol. The monoisotopic (exact) mass is 521 g/mol. The number of hydrazone groups is 1. The van der Waals surface area contributed by atoms with Gasteiger partial charge in [0.25, 0.3) is 11.8 Å². The lowest BCUT2D eigenvalue weighted by molar-refractivity contribution is -0.133. The lowest BCUT2D eigenvalue weighted by Gasteiger charge is -2.27.